The Bertz CT molecular complexity index is 965. The van der Waals surface area contributed by atoms with Crippen LogP contribution in [0, 0.1) is 11.8 Å². The summed E-state index contributed by atoms with van der Waals surface area (Å²) in [5.74, 6) is 0.874. The first kappa shape index (κ1) is 23.1. The predicted molar refractivity (Wildman–Crippen MR) is 135 cm³/mol. The number of carbonyl (C=O) groups is 2. The van der Waals surface area contributed by atoms with Gasteiger partial charge in [0.15, 0.2) is 0 Å². The first-order valence-electron chi connectivity index (χ1n) is 13.2. The summed E-state index contributed by atoms with van der Waals surface area (Å²) >= 11 is 0. The van der Waals surface area contributed by atoms with Crippen molar-refractivity contribution < 1.29 is 9.59 Å². The van der Waals surface area contributed by atoms with Crippen molar-refractivity contribution in [2.75, 3.05) is 32.7 Å². The Balaban J connectivity index is 1.10. The van der Waals surface area contributed by atoms with Crippen LogP contribution in [0.25, 0.3) is 11.1 Å². The highest BCUT2D eigenvalue weighted by molar-refractivity contribution is 5.95. The first-order chi connectivity index (χ1) is 16.7. The zero-order valence-electron chi connectivity index (χ0n) is 20.1. The molecule has 2 atom stereocenters. The van der Waals surface area contributed by atoms with E-state index in [0.717, 1.165) is 36.1 Å². The van der Waals surface area contributed by atoms with Crippen molar-refractivity contribution in [3.8, 4) is 11.1 Å². The molecule has 0 unspecified atom stereocenters. The molecule has 5 nitrogen and oxygen atoms in total. The van der Waals surface area contributed by atoms with Crippen molar-refractivity contribution in [3.63, 3.8) is 0 Å². The van der Waals surface area contributed by atoms with Gasteiger partial charge in [0.2, 0.25) is 5.91 Å². The highest BCUT2D eigenvalue weighted by Gasteiger charge is 2.34. The summed E-state index contributed by atoms with van der Waals surface area (Å²) in [6.07, 6.45) is 7.92. The molecule has 34 heavy (non-hydrogen) atoms. The number of nitrogens with zero attached hydrogens (tertiary/aromatic N) is 2. The third-order valence-electron chi connectivity index (χ3n) is 8.16. The molecule has 0 aliphatic carbocycles. The molecule has 0 spiro atoms. The molecular weight excluding hydrogens is 422 g/mol. The second kappa shape index (κ2) is 10.7. The Morgan fingerprint density at radius 1 is 0.765 bits per heavy atom. The van der Waals surface area contributed by atoms with Gasteiger partial charge in [-0.2, -0.15) is 0 Å². The van der Waals surface area contributed by atoms with E-state index < -0.39 is 0 Å². The second-order valence-electron chi connectivity index (χ2n) is 10.3. The van der Waals surface area contributed by atoms with E-state index in [0.29, 0.717) is 25.0 Å². The van der Waals surface area contributed by atoms with Gasteiger partial charge in [-0.25, -0.2) is 0 Å². The van der Waals surface area contributed by atoms with Crippen LogP contribution in [0.15, 0.2) is 54.6 Å². The Morgan fingerprint density at radius 3 is 2.24 bits per heavy atom. The van der Waals surface area contributed by atoms with Gasteiger partial charge < -0.3 is 15.1 Å². The van der Waals surface area contributed by atoms with Crippen LogP contribution in [0.3, 0.4) is 0 Å². The standard InChI is InChI=1S/C29H37N3O2/c33-28(30-21-26-9-6-18-31-17-5-4-10-27(26)31)24-15-19-32(20-16-24)29(34)25-13-11-23(12-14-25)22-7-2-1-3-8-22/h1-3,7-8,11-14,24,26-27H,4-6,9-10,15-21H2,(H,30,33)/t26-,27-/m1/s1. The highest BCUT2D eigenvalue weighted by atomic mass is 16.2. The van der Waals surface area contributed by atoms with E-state index in [2.05, 4.69) is 22.3 Å². The average Bonchev–Trinajstić information content (AvgIpc) is 2.92. The molecule has 3 fully saturated rings. The predicted octanol–water partition coefficient (Wildman–Crippen LogP) is 4.59. The van der Waals surface area contributed by atoms with Gasteiger partial charge in [-0.15, -0.1) is 0 Å². The van der Waals surface area contributed by atoms with Gasteiger partial charge >= 0.3 is 0 Å². The Hall–Kier alpha value is -2.66. The molecule has 0 aromatic heterocycles. The van der Waals surface area contributed by atoms with Crippen LogP contribution in [0.2, 0.25) is 0 Å². The van der Waals surface area contributed by atoms with Crippen molar-refractivity contribution in [3.05, 3.63) is 60.2 Å². The number of amides is 2. The molecule has 3 aliphatic heterocycles. The van der Waals surface area contributed by atoms with Gasteiger partial charge in [-0.3, -0.25) is 9.59 Å². The average molecular weight is 460 g/mol. The van der Waals surface area contributed by atoms with Crippen LogP contribution >= 0.6 is 0 Å². The maximum Gasteiger partial charge on any atom is 0.253 e. The lowest BCUT2D eigenvalue weighted by atomic mass is 9.83. The van der Waals surface area contributed by atoms with Crippen LogP contribution in [0.5, 0.6) is 0 Å². The molecule has 1 N–H and O–H groups in total. The van der Waals surface area contributed by atoms with Crippen LogP contribution in [-0.2, 0) is 4.79 Å². The summed E-state index contributed by atoms with van der Waals surface area (Å²) in [5.41, 5.74) is 2.98. The maximum atomic E-state index is 13.0. The minimum Gasteiger partial charge on any atom is -0.356 e. The quantitative estimate of drug-likeness (QED) is 0.712. The van der Waals surface area contributed by atoms with Gasteiger partial charge in [0.05, 0.1) is 0 Å². The summed E-state index contributed by atoms with van der Waals surface area (Å²) in [7, 11) is 0. The molecular formula is C29H37N3O2. The minimum absolute atomic E-state index is 0.0237. The topological polar surface area (TPSA) is 52.7 Å². The third-order valence-corrected chi connectivity index (χ3v) is 8.16. The molecule has 2 aromatic carbocycles. The van der Waals surface area contributed by atoms with E-state index in [1.54, 1.807) is 0 Å². The number of benzene rings is 2. The summed E-state index contributed by atoms with van der Waals surface area (Å²) in [6, 6.07) is 18.7. The monoisotopic (exact) mass is 459 g/mol. The zero-order chi connectivity index (χ0) is 23.3. The SMILES string of the molecule is O=C(NC[C@H]1CCCN2CCCC[C@H]12)C1CCN(C(=O)c2ccc(-c3ccccc3)cc2)CC1. The molecule has 5 rings (SSSR count). The largest absolute Gasteiger partial charge is 0.356 e. The number of piperidine rings is 3. The normalized spacial score (nSPS) is 23.8. The van der Waals surface area contributed by atoms with Gasteiger partial charge in [0.25, 0.3) is 5.91 Å². The van der Waals surface area contributed by atoms with E-state index in [-0.39, 0.29) is 17.7 Å². The smallest absolute Gasteiger partial charge is 0.253 e. The lowest BCUT2D eigenvalue weighted by Crippen LogP contribution is -2.51. The lowest BCUT2D eigenvalue weighted by Gasteiger charge is -2.44. The van der Waals surface area contributed by atoms with Gasteiger partial charge in [0.1, 0.15) is 0 Å². The van der Waals surface area contributed by atoms with Crippen molar-refractivity contribution in [1.29, 1.82) is 0 Å². The van der Waals surface area contributed by atoms with Crippen LogP contribution < -0.4 is 5.32 Å². The summed E-state index contributed by atoms with van der Waals surface area (Å²) in [5, 5.41) is 3.28. The molecule has 0 saturated carbocycles. The van der Waals surface area contributed by atoms with Crippen molar-refractivity contribution >= 4 is 11.8 Å². The minimum atomic E-state index is 0.0237. The van der Waals surface area contributed by atoms with Gasteiger partial charge in [-0.1, -0.05) is 48.9 Å². The number of fused-ring (bicyclic) bond motifs is 1. The van der Waals surface area contributed by atoms with Crippen LogP contribution in [-0.4, -0.2) is 60.4 Å². The fraction of sp³-hybridized carbons (Fsp3) is 0.517. The molecule has 3 saturated heterocycles. The molecule has 5 heteroatoms. The highest BCUT2D eigenvalue weighted by Crippen LogP contribution is 2.30. The molecule has 180 valence electrons. The number of hydrogen-bond acceptors (Lipinski definition) is 3. The zero-order valence-corrected chi connectivity index (χ0v) is 20.1. The summed E-state index contributed by atoms with van der Waals surface area (Å²) in [6.45, 7) is 4.58. The van der Waals surface area contributed by atoms with Crippen molar-refractivity contribution in [2.24, 2.45) is 11.8 Å². The van der Waals surface area contributed by atoms with Crippen molar-refractivity contribution in [2.45, 2.75) is 51.0 Å². The summed E-state index contributed by atoms with van der Waals surface area (Å²) in [4.78, 5) is 30.5. The molecule has 0 bridgehead atoms. The first-order valence-corrected chi connectivity index (χ1v) is 13.2. The molecule has 2 amide bonds. The van der Waals surface area contributed by atoms with E-state index in [1.807, 2.05) is 47.4 Å². The van der Waals surface area contributed by atoms with Crippen molar-refractivity contribution in [1.82, 2.24) is 15.1 Å². The molecule has 3 heterocycles. The number of rotatable bonds is 5. The number of carbonyl (C=O) groups excluding carboxylic acids is 2. The fourth-order valence-electron chi connectivity index (χ4n) is 6.15. The number of likely N-dealkylation sites (tertiary alicyclic amines) is 1. The second-order valence-corrected chi connectivity index (χ2v) is 10.3. The fourth-order valence-corrected chi connectivity index (χ4v) is 6.15. The van der Waals surface area contributed by atoms with Crippen LogP contribution in [0.4, 0.5) is 0 Å². The summed E-state index contributed by atoms with van der Waals surface area (Å²) < 4.78 is 0. The van der Waals surface area contributed by atoms with E-state index in [4.69, 9.17) is 0 Å². The molecule has 0 radical (unpaired) electrons. The number of nitrogens with one attached hydrogen (secondary N) is 1. The Labute approximate surface area is 203 Å². The van der Waals surface area contributed by atoms with Gasteiger partial charge in [0, 0.05) is 37.2 Å². The Kier molecular flexibility index (Phi) is 7.29. The van der Waals surface area contributed by atoms with E-state index >= 15 is 0 Å². The van der Waals surface area contributed by atoms with Gasteiger partial charge in [-0.05, 0) is 80.8 Å². The lowest BCUT2D eigenvalue weighted by molar-refractivity contribution is -0.126. The molecule has 2 aromatic rings. The molecule has 3 aliphatic rings. The number of hydrogen-bond donors (Lipinski definition) is 1. The maximum absolute atomic E-state index is 13.0. The Morgan fingerprint density at radius 2 is 1.47 bits per heavy atom. The third kappa shape index (κ3) is 5.20. The van der Waals surface area contributed by atoms with E-state index in [1.165, 1.54) is 45.2 Å². The van der Waals surface area contributed by atoms with E-state index in [9.17, 15) is 9.59 Å². The van der Waals surface area contributed by atoms with Crippen LogP contribution in [0.1, 0.15) is 55.3 Å².